The van der Waals surface area contributed by atoms with E-state index in [0.717, 1.165) is 12.3 Å². The number of ether oxygens (including phenoxy) is 2. The second-order valence-corrected chi connectivity index (χ2v) is 3.83. The van der Waals surface area contributed by atoms with Crippen molar-refractivity contribution >= 4 is 5.97 Å². The van der Waals surface area contributed by atoms with Crippen LogP contribution in [-0.2, 0) is 16.1 Å². The normalized spacial score (nSPS) is 10.1. The van der Waals surface area contributed by atoms with E-state index >= 15 is 0 Å². The molecule has 0 atom stereocenters. The molecule has 0 amide bonds. The van der Waals surface area contributed by atoms with Gasteiger partial charge in [-0.3, -0.25) is 4.79 Å². The molecule has 0 saturated heterocycles. The van der Waals surface area contributed by atoms with E-state index in [1.807, 2.05) is 31.2 Å². The second-order valence-electron chi connectivity index (χ2n) is 3.83. The Bertz CT molecular complexity index is 349. The molecule has 18 heavy (non-hydrogen) atoms. The first-order valence-electron chi connectivity index (χ1n) is 6.34. The molecule has 4 heteroatoms. The predicted octanol–water partition coefficient (Wildman–Crippen LogP) is 2.13. The van der Waals surface area contributed by atoms with Gasteiger partial charge in [0.2, 0.25) is 0 Å². The van der Waals surface area contributed by atoms with Crippen molar-refractivity contribution in [2.45, 2.75) is 26.8 Å². The van der Waals surface area contributed by atoms with Crippen LogP contribution in [0, 0.1) is 0 Å². The second kappa shape index (κ2) is 8.53. The van der Waals surface area contributed by atoms with E-state index in [1.54, 1.807) is 6.92 Å². The van der Waals surface area contributed by atoms with Crippen molar-refractivity contribution in [1.29, 1.82) is 0 Å². The summed E-state index contributed by atoms with van der Waals surface area (Å²) in [5.74, 6) is 0.732. The van der Waals surface area contributed by atoms with Gasteiger partial charge < -0.3 is 14.8 Å². The fraction of sp³-hybridized carbons (Fsp3) is 0.500. The summed E-state index contributed by atoms with van der Waals surface area (Å²) in [6.45, 7) is 6.28. The largest absolute Gasteiger partial charge is 0.494 e. The number of carbonyl (C=O) groups is 1. The van der Waals surface area contributed by atoms with E-state index in [9.17, 15) is 4.79 Å². The van der Waals surface area contributed by atoms with Gasteiger partial charge in [0.05, 0.1) is 6.61 Å². The maximum absolute atomic E-state index is 10.9. The lowest BCUT2D eigenvalue weighted by Gasteiger charge is -2.07. The molecule has 0 unspecified atom stereocenters. The first-order valence-corrected chi connectivity index (χ1v) is 6.34. The number of benzene rings is 1. The van der Waals surface area contributed by atoms with E-state index < -0.39 is 0 Å². The fourth-order valence-corrected chi connectivity index (χ4v) is 1.44. The number of hydrogen-bond donors (Lipinski definition) is 1. The summed E-state index contributed by atoms with van der Waals surface area (Å²) in [5.41, 5.74) is 1.18. The zero-order valence-electron chi connectivity index (χ0n) is 11.1. The number of esters is 1. The molecule has 0 radical (unpaired) electrons. The Balaban J connectivity index is 2.17. The van der Waals surface area contributed by atoms with E-state index in [0.29, 0.717) is 26.2 Å². The van der Waals surface area contributed by atoms with Crippen molar-refractivity contribution in [1.82, 2.24) is 5.32 Å². The molecule has 0 fully saturated rings. The molecule has 1 N–H and O–H groups in total. The molecule has 0 aliphatic rings. The molecular weight excluding hydrogens is 230 g/mol. The van der Waals surface area contributed by atoms with Crippen molar-refractivity contribution < 1.29 is 14.3 Å². The van der Waals surface area contributed by atoms with Crippen molar-refractivity contribution in [2.24, 2.45) is 0 Å². The van der Waals surface area contributed by atoms with Crippen LogP contribution in [0.4, 0.5) is 0 Å². The molecular formula is C14H21NO3. The molecule has 0 aliphatic heterocycles. The lowest BCUT2D eigenvalue weighted by molar-refractivity contribution is -0.143. The Morgan fingerprint density at radius 3 is 2.56 bits per heavy atom. The quantitative estimate of drug-likeness (QED) is 0.568. The van der Waals surface area contributed by atoms with Crippen LogP contribution in [0.15, 0.2) is 24.3 Å². The van der Waals surface area contributed by atoms with Gasteiger partial charge in [-0.1, -0.05) is 19.1 Å². The minimum Gasteiger partial charge on any atom is -0.494 e. The summed E-state index contributed by atoms with van der Waals surface area (Å²) in [4.78, 5) is 10.9. The molecule has 0 bridgehead atoms. The fourth-order valence-electron chi connectivity index (χ4n) is 1.44. The van der Waals surface area contributed by atoms with Gasteiger partial charge in [0.25, 0.3) is 0 Å². The summed E-state index contributed by atoms with van der Waals surface area (Å²) in [5, 5.41) is 3.21. The topological polar surface area (TPSA) is 47.6 Å². The number of nitrogens with one attached hydrogen (secondary N) is 1. The highest BCUT2D eigenvalue weighted by Gasteiger charge is 1.98. The Hall–Kier alpha value is -1.55. The summed E-state index contributed by atoms with van der Waals surface area (Å²) < 4.78 is 10.3. The Kier molecular flexibility index (Phi) is 6.87. The first-order chi connectivity index (χ1) is 8.76. The van der Waals surface area contributed by atoms with Crippen LogP contribution in [0.2, 0.25) is 0 Å². The summed E-state index contributed by atoms with van der Waals surface area (Å²) >= 11 is 0. The first kappa shape index (κ1) is 14.5. The zero-order chi connectivity index (χ0) is 13.2. The maximum Gasteiger partial charge on any atom is 0.305 e. The minimum absolute atomic E-state index is 0.155. The van der Waals surface area contributed by atoms with Crippen molar-refractivity contribution in [3.8, 4) is 5.75 Å². The third-order valence-corrected chi connectivity index (χ3v) is 2.39. The third kappa shape index (κ3) is 5.68. The zero-order valence-corrected chi connectivity index (χ0v) is 11.1. The Morgan fingerprint density at radius 2 is 1.94 bits per heavy atom. The maximum atomic E-state index is 10.9. The molecule has 4 nitrogen and oxygen atoms in total. The molecule has 0 saturated carbocycles. The standard InChI is InChI=1S/C14H21NO3/c1-3-14(16)18-10-9-15-11-12-5-7-13(8-6-12)17-4-2/h5-8,15H,3-4,9-11H2,1-2H3. The molecule has 0 spiro atoms. The summed E-state index contributed by atoms with van der Waals surface area (Å²) in [6, 6.07) is 7.96. The molecule has 100 valence electrons. The highest BCUT2D eigenvalue weighted by atomic mass is 16.5. The molecule has 0 aliphatic carbocycles. The van der Waals surface area contributed by atoms with Crippen LogP contribution in [0.3, 0.4) is 0 Å². The average molecular weight is 251 g/mol. The smallest absolute Gasteiger partial charge is 0.305 e. The number of rotatable bonds is 8. The van der Waals surface area contributed by atoms with Crippen LogP contribution < -0.4 is 10.1 Å². The van der Waals surface area contributed by atoms with Gasteiger partial charge in [0.15, 0.2) is 0 Å². The monoisotopic (exact) mass is 251 g/mol. The highest BCUT2D eigenvalue weighted by molar-refractivity contribution is 5.68. The summed E-state index contributed by atoms with van der Waals surface area (Å²) in [6.07, 6.45) is 0.429. The lowest BCUT2D eigenvalue weighted by atomic mass is 10.2. The van der Waals surface area contributed by atoms with Gasteiger partial charge in [-0.25, -0.2) is 0 Å². The van der Waals surface area contributed by atoms with E-state index in [-0.39, 0.29) is 5.97 Å². The number of carbonyl (C=O) groups excluding carboxylic acids is 1. The van der Waals surface area contributed by atoms with Crippen LogP contribution >= 0.6 is 0 Å². The van der Waals surface area contributed by atoms with Crippen molar-refractivity contribution in [3.05, 3.63) is 29.8 Å². The molecule has 1 rings (SSSR count). The van der Waals surface area contributed by atoms with Gasteiger partial charge in [0.1, 0.15) is 12.4 Å². The van der Waals surface area contributed by atoms with Crippen LogP contribution in [-0.4, -0.2) is 25.7 Å². The van der Waals surface area contributed by atoms with Crippen LogP contribution in [0.25, 0.3) is 0 Å². The number of hydrogen-bond acceptors (Lipinski definition) is 4. The minimum atomic E-state index is -0.155. The van der Waals surface area contributed by atoms with E-state index in [2.05, 4.69) is 5.32 Å². The van der Waals surface area contributed by atoms with Gasteiger partial charge in [-0.05, 0) is 24.6 Å². The Morgan fingerprint density at radius 1 is 1.22 bits per heavy atom. The molecule has 1 aromatic carbocycles. The van der Waals surface area contributed by atoms with Crippen LogP contribution in [0.1, 0.15) is 25.8 Å². The Labute approximate surface area is 108 Å². The van der Waals surface area contributed by atoms with Gasteiger partial charge in [0, 0.05) is 19.5 Å². The van der Waals surface area contributed by atoms with Gasteiger partial charge in [-0.2, -0.15) is 0 Å². The van der Waals surface area contributed by atoms with E-state index in [1.165, 1.54) is 5.56 Å². The lowest BCUT2D eigenvalue weighted by Crippen LogP contribution is -2.20. The van der Waals surface area contributed by atoms with Crippen molar-refractivity contribution in [3.63, 3.8) is 0 Å². The summed E-state index contributed by atoms with van der Waals surface area (Å²) in [7, 11) is 0. The van der Waals surface area contributed by atoms with Crippen LogP contribution in [0.5, 0.6) is 5.75 Å². The van der Waals surface area contributed by atoms with Gasteiger partial charge >= 0.3 is 5.97 Å². The van der Waals surface area contributed by atoms with Gasteiger partial charge in [-0.15, -0.1) is 0 Å². The molecule has 0 aromatic heterocycles. The predicted molar refractivity (Wildman–Crippen MR) is 70.6 cm³/mol. The molecule has 0 heterocycles. The van der Waals surface area contributed by atoms with E-state index in [4.69, 9.17) is 9.47 Å². The SMILES string of the molecule is CCOc1ccc(CNCCOC(=O)CC)cc1. The average Bonchev–Trinajstić information content (AvgIpc) is 2.40. The highest BCUT2D eigenvalue weighted by Crippen LogP contribution is 2.11. The third-order valence-electron chi connectivity index (χ3n) is 2.39. The molecule has 1 aromatic rings. The van der Waals surface area contributed by atoms with Crippen molar-refractivity contribution in [2.75, 3.05) is 19.8 Å².